The van der Waals surface area contributed by atoms with Gasteiger partial charge in [-0.05, 0) is 45.3 Å². The van der Waals surface area contributed by atoms with Crippen molar-refractivity contribution in [2.24, 2.45) is 0 Å². The number of aromatic amines is 1. The first kappa shape index (κ1) is 15.5. The molecule has 0 aliphatic heterocycles. The average Bonchev–Trinajstić information content (AvgIpc) is 3.40. The minimum Gasteiger partial charge on any atom is -0.326 e. The van der Waals surface area contributed by atoms with Crippen molar-refractivity contribution in [3.8, 4) is 22.5 Å². The molecule has 6 heteroatoms. The molecule has 0 unspecified atom stereocenters. The number of nitrogens with zero attached hydrogens (tertiary/aromatic N) is 5. The van der Waals surface area contributed by atoms with Gasteiger partial charge in [-0.1, -0.05) is 54.6 Å². The van der Waals surface area contributed by atoms with Crippen molar-refractivity contribution in [1.29, 1.82) is 0 Å². The minimum atomic E-state index is 0.667. The summed E-state index contributed by atoms with van der Waals surface area (Å²) in [4.78, 5) is 4.46. The van der Waals surface area contributed by atoms with E-state index < -0.39 is 0 Å². The van der Waals surface area contributed by atoms with Gasteiger partial charge in [-0.15, -0.1) is 5.10 Å². The van der Waals surface area contributed by atoms with Gasteiger partial charge in [0.2, 0.25) is 0 Å². The highest BCUT2D eigenvalue weighted by atomic mass is 15.5. The number of fused-ring (bicyclic) bond motifs is 1. The van der Waals surface area contributed by atoms with Crippen LogP contribution in [0.25, 0.3) is 33.5 Å². The van der Waals surface area contributed by atoms with Crippen LogP contribution >= 0.6 is 0 Å². The summed E-state index contributed by atoms with van der Waals surface area (Å²) in [6.07, 6.45) is 1.90. The molecule has 1 N–H and O–H groups in total. The van der Waals surface area contributed by atoms with E-state index in [0.29, 0.717) is 5.82 Å². The molecule has 0 aliphatic carbocycles. The zero-order valence-electron chi connectivity index (χ0n) is 14.4. The Kier molecular flexibility index (Phi) is 3.72. The third kappa shape index (κ3) is 2.97. The van der Waals surface area contributed by atoms with Gasteiger partial charge in [0.05, 0.1) is 17.4 Å². The summed E-state index contributed by atoms with van der Waals surface area (Å²) in [5.41, 5.74) is 6.65. The quantitative estimate of drug-likeness (QED) is 0.532. The lowest BCUT2D eigenvalue weighted by Crippen LogP contribution is -1.97. The van der Waals surface area contributed by atoms with Gasteiger partial charge < -0.3 is 4.57 Å². The van der Waals surface area contributed by atoms with Gasteiger partial charge in [0.25, 0.3) is 0 Å². The van der Waals surface area contributed by atoms with Gasteiger partial charge in [0, 0.05) is 12.1 Å². The zero-order chi connectivity index (χ0) is 18.1. The molecule has 0 aliphatic rings. The molecule has 2 heterocycles. The normalized spacial score (nSPS) is 11.1. The molecular formula is C21H16N6. The summed E-state index contributed by atoms with van der Waals surface area (Å²) in [7, 11) is 0. The lowest BCUT2D eigenvalue weighted by molar-refractivity contribution is 0.825. The highest BCUT2D eigenvalue weighted by Crippen LogP contribution is 2.25. The number of rotatable bonds is 4. The molecule has 2 aromatic heterocycles. The predicted octanol–water partition coefficient (Wildman–Crippen LogP) is 3.93. The summed E-state index contributed by atoms with van der Waals surface area (Å²) in [6.45, 7) is 0.796. The number of hydrogen-bond donors (Lipinski definition) is 1. The van der Waals surface area contributed by atoms with E-state index in [4.69, 9.17) is 0 Å². The van der Waals surface area contributed by atoms with Crippen LogP contribution < -0.4 is 0 Å². The second-order valence-electron chi connectivity index (χ2n) is 6.39. The fraction of sp³-hybridized carbons (Fsp3) is 0.0476. The van der Waals surface area contributed by atoms with E-state index in [9.17, 15) is 0 Å². The van der Waals surface area contributed by atoms with Crippen molar-refractivity contribution in [2.75, 3.05) is 0 Å². The number of tetrazole rings is 1. The number of nitrogens with one attached hydrogen (secondary N) is 1. The first-order chi connectivity index (χ1) is 13.4. The number of para-hydroxylation sites is 2. The lowest BCUT2D eigenvalue weighted by atomic mass is 10.0. The SMILES string of the molecule is c1cc(-c2ccc(Cn3cnc4ccccc43)cc2)cc(-c2nnn[nH]2)c1. The van der Waals surface area contributed by atoms with Crippen molar-refractivity contribution < 1.29 is 0 Å². The van der Waals surface area contributed by atoms with Gasteiger partial charge in [-0.2, -0.15) is 0 Å². The van der Waals surface area contributed by atoms with Gasteiger partial charge >= 0.3 is 0 Å². The number of benzene rings is 3. The number of hydrogen-bond acceptors (Lipinski definition) is 4. The van der Waals surface area contributed by atoms with Gasteiger partial charge in [0.15, 0.2) is 5.82 Å². The molecule has 6 nitrogen and oxygen atoms in total. The van der Waals surface area contributed by atoms with E-state index in [1.54, 1.807) is 0 Å². The molecule has 0 fully saturated rings. The Hall–Kier alpha value is -3.80. The van der Waals surface area contributed by atoms with Crippen molar-refractivity contribution in [3.05, 3.63) is 84.7 Å². The van der Waals surface area contributed by atoms with Crippen LogP contribution in [0.4, 0.5) is 0 Å². The molecular weight excluding hydrogens is 336 g/mol. The summed E-state index contributed by atoms with van der Waals surface area (Å²) in [5, 5.41) is 14.1. The topological polar surface area (TPSA) is 72.3 Å². The summed E-state index contributed by atoms with van der Waals surface area (Å²) in [6, 6.07) is 25.0. The van der Waals surface area contributed by atoms with Crippen LogP contribution in [0.2, 0.25) is 0 Å². The predicted molar refractivity (Wildman–Crippen MR) is 104 cm³/mol. The first-order valence-corrected chi connectivity index (χ1v) is 8.70. The molecule has 27 heavy (non-hydrogen) atoms. The highest BCUT2D eigenvalue weighted by Gasteiger charge is 2.06. The van der Waals surface area contributed by atoms with E-state index in [-0.39, 0.29) is 0 Å². The van der Waals surface area contributed by atoms with Gasteiger partial charge in [-0.25, -0.2) is 10.1 Å². The number of H-pyrrole nitrogens is 1. The van der Waals surface area contributed by atoms with Crippen LogP contribution in [0, 0.1) is 0 Å². The molecule has 0 saturated heterocycles. The van der Waals surface area contributed by atoms with Crippen LogP contribution in [0.15, 0.2) is 79.1 Å². The zero-order valence-corrected chi connectivity index (χ0v) is 14.4. The van der Waals surface area contributed by atoms with Crippen molar-refractivity contribution in [2.45, 2.75) is 6.54 Å². The molecule has 0 atom stereocenters. The highest BCUT2D eigenvalue weighted by molar-refractivity contribution is 5.75. The van der Waals surface area contributed by atoms with Crippen molar-refractivity contribution in [3.63, 3.8) is 0 Å². The Bertz CT molecular complexity index is 1190. The number of aromatic nitrogens is 6. The van der Waals surface area contributed by atoms with Crippen LogP contribution in [0.3, 0.4) is 0 Å². The monoisotopic (exact) mass is 352 g/mol. The molecule has 5 aromatic rings. The van der Waals surface area contributed by atoms with E-state index in [1.165, 1.54) is 5.56 Å². The second-order valence-corrected chi connectivity index (χ2v) is 6.39. The summed E-state index contributed by atoms with van der Waals surface area (Å²) in [5.74, 6) is 0.667. The molecule has 0 spiro atoms. The van der Waals surface area contributed by atoms with E-state index >= 15 is 0 Å². The molecule has 0 amide bonds. The van der Waals surface area contributed by atoms with E-state index in [1.807, 2.05) is 36.7 Å². The number of imidazole rings is 1. The molecule has 5 rings (SSSR count). The lowest BCUT2D eigenvalue weighted by Gasteiger charge is -2.07. The average molecular weight is 352 g/mol. The van der Waals surface area contributed by atoms with Crippen LogP contribution in [-0.4, -0.2) is 30.2 Å². The maximum absolute atomic E-state index is 4.46. The minimum absolute atomic E-state index is 0.667. The van der Waals surface area contributed by atoms with Gasteiger partial charge in [-0.3, -0.25) is 0 Å². The van der Waals surface area contributed by atoms with Gasteiger partial charge in [0.1, 0.15) is 0 Å². The maximum Gasteiger partial charge on any atom is 0.179 e. The Morgan fingerprint density at radius 1 is 0.815 bits per heavy atom. The molecule has 0 radical (unpaired) electrons. The van der Waals surface area contributed by atoms with Crippen LogP contribution in [0.5, 0.6) is 0 Å². The smallest absolute Gasteiger partial charge is 0.179 e. The molecule has 0 saturated carbocycles. The second kappa shape index (κ2) is 6.49. The third-order valence-electron chi connectivity index (χ3n) is 4.65. The van der Waals surface area contributed by atoms with Crippen LogP contribution in [-0.2, 0) is 6.54 Å². The summed E-state index contributed by atoms with van der Waals surface area (Å²) >= 11 is 0. The Morgan fingerprint density at radius 2 is 1.67 bits per heavy atom. The van der Waals surface area contributed by atoms with E-state index in [0.717, 1.165) is 34.3 Å². The molecule has 130 valence electrons. The fourth-order valence-corrected chi connectivity index (χ4v) is 3.26. The van der Waals surface area contributed by atoms with E-state index in [2.05, 4.69) is 72.6 Å². The Labute approximate surface area is 155 Å². The van der Waals surface area contributed by atoms with Crippen LogP contribution in [0.1, 0.15) is 5.56 Å². The van der Waals surface area contributed by atoms with Crippen molar-refractivity contribution in [1.82, 2.24) is 30.2 Å². The molecule has 0 bridgehead atoms. The largest absolute Gasteiger partial charge is 0.326 e. The first-order valence-electron chi connectivity index (χ1n) is 8.70. The Balaban J connectivity index is 1.41. The maximum atomic E-state index is 4.46. The van der Waals surface area contributed by atoms with Crippen molar-refractivity contribution >= 4 is 11.0 Å². The molecule has 3 aromatic carbocycles. The Morgan fingerprint density at radius 3 is 2.52 bits per heavy atom. The fourth-order valence-electron chi connectivity index (χ4n) is 3.26. The third-order valence-corrected chi connectivity index (χ3v) is 4.65. The standard InChI is InChI=1S/C21H16N6/c1-2-7-20-19(6-1)22-14-27(20)13-15-8-10-16(11-9-15)17-4-3-5-18(12-17)21-23-25-26-24-21/h1-12,14H,13H2,(H,23,24,25,26). The summed E-state index contributed by atoms with van der Waals surface area (Å²) < 4.78 is 2.17.